The van der Waals surface area contributed by atoms with Gasteiger partial charge in [-0.2, -0.15) is 0 Å². The van der Waals surface area contributed by atoms with Crippen molar-refractivity contribution in [2.45, 2.75) is 0 Å². The molecule has 2 N–H and O–H groups in total. The Morgan fingerprint density at radius 3 is 2.27 bits per heavy atom. The van der Waals surface area contributed by atoms with Crippen molar-refractivity contribution in [3.63, 3.8) is 0 Å². The number of benzene rings is 2. The monoisotopic (exact) mass is 306 g/mol. The van der Waals surface area contributed by atoms with Gasteiger partial charge in [-0.05, 0) is 36.4 Å². The van der Waals surface area contributed by atoms with Gasteiger partial charge in [0.05, 0.1) is 5.56 Å². The molecule has 0 heterocycles. The Morgan fingerprint density at radius 1 is 1.00 bits per heavy atom. The van der Waals surface area contributed by atoms with Crippen molar-refractivity contribution in [2.75, 3.05) is 17.2 Å². The number of hydrogen-bond donors (Lipinski definition) is 2. The zero-order valence-corrected chi connectivity index (χ0v) is 11.5. The lowest BCUT2D eigenvalue weighted by Crippen LogP contribution is -2.15. The molecule has 0 aliphatic rings. The van der Waals surface area contributed by atoms with E-state index in [1.165, 1.54) is 0 Å². The molecule has 3 nitrogen and oxygen atoms in total. The van der Waals surface area contributed by atoms with Gasteiger partial charge in [-0.1, -0.05) is 6.08 Å². The molecule has 0 unspecified atom stereocenters. The third kappa shape index (κ3) is 3.46. The van der Waals surface area contributed by atoms with Gasteiger partial charge in [0, 0.05) is 17.9 Å². The fourth-order valence-corrected chi connectivity index (χ4v) is 1.76. The summed E-state index contributed by atoms with van der Waals surface area (Å²) in [4.78, 5) is 11.9. The third-order valence-electron chi connectivity index (χ3n) is 2.87. The van der Waals surface area contributed by atoms with Gasteiger partial charge in [0.2, 0.25) is 0 Å². The van der Waals surface area contributed by atoms with Crippen LogP contribution in [0.15, 0.2) is 49.1 Å². The Bertz CT molecular complexity index is 699. The van der Waals surface area contributed by atoms with Gasteiger partial charge in [0.1, 0.15) is 0 Å². The normalized spacial score (nSPS) is 10.1. The predicted molar refractivity (Wildman–Crippen MR) is 79.4 cm³/mol. The van der Waals surface area contributed by atoms with Gasteiger partial charge in [-0.25, -0.2) is 13.2 Å². The van der Waals surface area contributed by atoms with Crippen LogP contribution in [-0.4, -0.2) is 12.5 Å². The largest absolute Gasteiger partial charge is 0.382 e. The number of anilines is 2. The molecule has 0 fully saturated rings. The first kappa shape index (κ1) is 15.6. The molecule has 0 aliphatic heterocycles. The van der Waals surface area contributed by atoms with E-state index < -0.39 is 28.9 Å². The van der Waals surface area contributed by atoms with Crippen molar-refractivity contribution in [3.05, 3.63) is 72.1 Å². The number of carbonyl (C=O) groups excluding carboxylic acids is 1. The summed E-state index contributed by atoms with van der Waals surface area (Å²) < 4.78 is 39.5. The molecule has 1 amide bonds. The Balaban J connectivity index is 2.12. The Labute approximate surface area is 125 Å². The van der Waals surface area contributed by atoms with Crippen LogP contribution >= 0.6 is 0 Å². The van der Waals surface area contributed by atoms with E-state index in [9.17, 15) is 18.0 Å². The van der Waals surface area contributed by atoms with Crippen LogP contribution in [0.4, 0.5) is 24.5 Å². The molecule has 0 bridgehead atoms. The maximum atomic E-state index is 13.5. The van der Waals surface area contributed by atoms with E-state index in [-0.39, 0.29) is 0 Å². The summed E-state index contributed by atoms with van der Waals surface area (Å²) in [6.07, 6.45) is 1.70. The molecule has 2 rings (SSSR count). The second kappa shape index (κ2) is 6.80. The lowest BCUT2D eigenvalue weighted by Gasteiger charge is -2.08. The maximum Gasteiger partial charge on any atom is 0.258 e. The van der Waals surface area contributed by atoms with E-state index in [1.807, 2.05) is 0 Å². The smallest absolute Gasteiger partial charge is 0.258 e. The molecular weight excluding hydrogens is 293 g/mol. The van der Waals surface area contributed by atoms with Crippen LogP contribution in [-0.2, 0) is 0 Å². The Morgan fingerprint density at radius 2 is 1.64 bits per heavy atom. The summed E-state index contributed by atoms with van der Waals surface area (Å²) in [5.41, 5.74) is 0.656. The molecule has 0 saturated heterocycles. The van der Waals surface area contributed by atoms with Crippen molar-refractivity contribution in [1.29, 1.82) is 0 Å². The van der Waals surface area contributed by atoms with Gasteiger partial charge >= 0.3 is 0 Å². The second-order valence-corrected chi connectivity index (χ2v) is 4.42. The molecular formula is C16H13F3N2O. The summed E-state index contributed by atoms with van der Waals surface area (Å²) in [6.45, 7) is 4.16. The lowest BCUT2D eigenvalue weighted by atomic mass is 10.1. The lowest BCUT2D eigenvalue weighted by molar-refractivity contribution is 0.102. The van der Waals surface area contributed by atoms with Gasteiger partial charge in [-0.3, -0.25) is 4.79 Å². The van der Waals surface area contributed by atoms with Crippen LogP contribution in [0.5, 0.6) is 0 Å². The third-order valence-corrected chi connectivity index (χ3v) is 2.87. The Kier molecular flexibility index (Phi) is 4.83. The minimum Gasteiger partial charge on any atom is -0.382 e. The highest BCUT2D eigenvalue weighted by atomic mass is 19.2. The van der Waals surface area contributed by atoms with Crippen molar-refractivity contribution in [1.82, 2.24) is 0 Å². The average molecular weight is 306 g/mol. The minimum absolute atomic E-state index is 0.401. The van der Waals surface area contributed by atoms with E-state index >= 15 is 0 Å². The number of hydrogen-bond acceptors (Lipinski definition) is 2. The van der Waals surface area contributed by atoms with E-state index in [0.29, 0.717) is 18.3 Å². The van der Waals surface area contributed by atoms with Gasteiger partial charge in [0.25, 0.3) is 5.91 Å². The van der Waals surface area contributed by atoms with Crippen molar-refractivity contribution in [3.8, 4) is 0 Å². The minimum atomic E-state index is -1.67. The standard InChI is InChI=1S/C16H13F3N2O/c1-2-9-20-10-3-5-11(6-4-10)21-16(22)12-7-8-13(17)15(19)14(12)18/h2-8,20H,1,9H2,(H,21,22). The SMILES string of the molecule is C=CCNc1ccc(NC(=O)c2ccc(F)c(F)c2F)cc1. The molecule has 0 saturated carbocycles. The highest BCUT2D eigenvalue weighted by molar-refractivity contribution is 6.04. The zero-order chi connectivity index (χ0) is 16.1. The van der Waals surface area contributed by atoms with Gasteiger partial charge in [0.15, 0.2) is 17.5 Å². The van der Waals surface area contributed by atoms with Crippen LogP contribution in [0.2, 0.25) is 0 Å². The van der Waals surface area contributed by atoms with E-state index in [0.717, 1.165) is 11.8 Å². The van der Waals surface area contributed by atoms with Crippen molar-refractivity contribution < 1.29 is 18.0 Å². The number of carbonyl (C=O) groups is 1. The molecule has 2 aromatic rings. The number of halogens is 3. The Hall–Kier alpha value is -2.76. The van der Waals surface area contributed by atoms with E-state index in [4.69, 9.17) is 0 Å². The molecule has 0 aromatic heterocycles. The molecule has 0 spiro atoms. The molecule has 0 radical (unpaired) electrons. The van der Waals surface area contributed by atoms with Crippen LogP contribution in [0.3, 0.4) is 0 Å². The fourth-order valence-electron chi connectivity index (χ4n) is 1.76. The zero-order valence-electron chi connectivity index (χ0n) is 11.5. The van der Waals surface area contributed by atoms with Gasteiger partial charge in [-0.15, -0.1) is 6.58 Å². The first-order valence-corrected chi connectivity index (χ1v) is 6.42. The predicted octanol–water partition coefficient (Wildman–Crippen LogP) is 3.95. The summed E-state index contributed by atoms with van der Waals surface area (Å²) in [5, 5.41) is 5.46. The van der Waals surface area contributed by atoms with Gasteiger partial charge < -0.3 is 10.6 Å². The first-order valence-electron chi connectivity index (χ1n) is 6.42. The molecule has 2 aromatic carbocycles. The number of nitrogens with one attached hydrogen (secondary N) is 2. The van der Waals surface area contributed by atoms with Crippen LogP contribution in [0, 0.1) is 17.5 Å². The van der Waals surface area contributed by atoms with Crippen LogP contribution < -0.4 is 10.6 Å². The van der Waals surface area contributed by atoms with Crippen LogP contribution in [0.1, 0.15) is 10.4 Å². The van der Waals surface area contributed by atoms with Crippen LogP contribution in [0.25, 0.3) is 0 Å². The molecule has 6 heteroatoms. The molecule has 0 atom stereocenters. The number of rotatable bonds is 5. The maximum absolute atomic E-state index is 13.5. The fraction of sp³-hybridized carbons (Fsp3) is 0.0625. The molecule has 22 heavy (non-hydrogen) atoms. The quantitative estimate of drug-likeness (QED) is 0.648. The van der Waals surface area contributed by atoms with Crippen molar-refractivity contribution in [2.24, 2.45) is 0 Å². The average Bonchev–Trinajstić information content (AvgIpc) is 2.52. The molecule has 114 valence electrons. The summed E-state index contributed by atoms with van der Waals surface area (Å²) in [6, 6.07) is 8.21. The number of amides is 1. The van der Waals surface area contributed by atoms with Crippen molar-refractivity contribution >= 4 is 17.3 Å². The topological polar surface area (TPSA) is 41.1 Å². The highest BCUT2D eigenvalue weighted by Gasteiger charge is 2.18. The summed E-state index contributed by atoms with van der Waals surface area (Å²) in [7, 11) is 0. The summed E-state index contributed by atoms with van der Waals surface area (Å²) >= 11 is 0. The second-order valence-electron chi connectivity index (χ2n) is 4.42. The van der Waals surface area contributed by atoms with E-state index in [2.05, 4.69) is 17.2 Å². The first-order chi connectivity index (χ1) is 10.5. The molecule has 0 aliphatic carbocycles. The summed E-state index contributed by atoms with van der Waals surface area (Å²) in [5.74, 6) is -5.38. The highest BCUT2D eigenvalue weighted by Crippen LogP contribution is 2.18. The van der Waals surface area contributed by atoms with E-state index in [1.54, 1.807) is 30.3 Å².